The number of aliphatic hydroxyl groups is 2. The predicted molar refractivity (Wildman–Crippen MR) is 136 cm³/mol. The van der Waals surface area contributed by atoms with Crippen molar-refractivity contribution >= 4 is 35.0 Å². The third kappa shape index (κ3) is 4.43. The highest BCUT2D eigenvalue weighted by Crippen LogP contribution is 2.60. The van der Waals surface area contributed by atoms with Gasteiger partial charge in [-0.15, -0.1) is 0 Å². The second-order valence-electron chi connectivity index (χ2n) is 10.4. The van der Waals surface area contributed by atoms with Crippen molar-refractivity contribution in [3.63, 3.8) is 0 Å². The average molecular weight is 566 g/mol. The SMILES string of the molecule is CC1(C)CC2N(C1=O)C(C(=O)NCC[C@H](O)CO)C(c1cccc(Cl)c1F)C2(C#N)c1ccc(Cl)cc1F. The molecule has 2 aromatic carbocycles. The van der Waals surface area contributed by atoms with E-state index in [0.29, 0.717) is 0 Å². The molecule has 7 nitrogen and oxygen atoms in total. The van der Waals surface area contributed by atoms with Crippen LogP contribution in [0.1, 0.15) is 43.7 Å². The van der Waals surface area contributed by atoms with Gasteiger partial charge in [0.25, 0.3) is 0 Å². The number of carbonyl (C=O) groups excluding carboxylic acids is 2. The van der Waals surface area contributed by atoms with Crippen LogP contribution >= 0.6 is 23.2 Å². The summed E-state index contributed by atoms with van der Waals surface area (Å²) in [7, 11) is 0. The highest BCUT2D eigenvalue weighted by atomic mass is 35.5. The molecule has 0 radical (unpaired) electrons. The second-order valence-corrected chi connectivity index (χ2v) is 11.2. The lowest BCUT2D eigenvalue weighted by Crippen LogP contribution is -2.49. The number of aliphatic hydroxyl groups excluding tert-OH is 2. The van der Waals surface area contributed by atoms with Crippen molar-refractivity contribution in [2.75, 3.05) is 13.2 Å². The first-order valence-corrected chi connectivity index (χ1v) is 12.9. The molecule has 4 unspecified atom stereocenters. The number of nitriles is 1. The lowest BCUT2D eigenvalue weighted by atomic mass is 9.63. The number of rotatable bonds is 7. The van der Waals surface area contributed by atoms with Gasteiger partial charge in [-0.1, -0.05) is 55.2 Å². The van der Waals surface area contributed by atoms with Crippen molar-refractivity contribution in [3.05, 3.63) is 69.2 Å². The van der Waals surface area contributed by atoms with Gasteiger partial charge in [-0.05, 0) is 36.6 Å². The maximum atomic E-state index is 15.6. The Balaban J connectivity index is 1.98. The van der Waals surface area contributed by atoms with Gasteiger partial charge in [0.2, 0.25) is 11.8 Å². The molecule has 202 valence electrons. The third-order valence-electron chi connectivity index (χ3n) is 7.62. The molecule has 0 aromatic heterocycles. The molecule has 2 heterocycles. The van der Waals surface area contributed by atoms with E-state index in [2.05, 4.69) is 11.4 Å². The van der Waals surface area contributed by atoms with E-state index >= 15 is 8.78 Å². The van der Waals surface area contributed by atoms with E-state index in [9.17, 15) is 20.0 Å². The van der Waals surface area contributed by atoms with E-state index in [1.807, 2.05) is 0 Å². The second kappa shape index (κ2) is 10.4. The molecule has 2 aromatic rings. The maximum Gasteiger partial charge on any atom is 0.243 e. The standard InChI is InChI=1S/C27H27Cl2F2N3O4/c1-26(2)11-20-27(13-32,17-7-6-14(28)10-19(17)30)21(16-4-3-5-18(29)22(16)31)23(34(20)25(26)38)24(37)33-9-8-15(36)12-35/h3-7,10,15,20-21,23,35-36H,8-9,11-12H2,1-2H3,(H,33,37)/t15-,20?,21?,23?,27?/m0/s1. The summed E-state index contributed by atoms with van der Waals surface area (Å²) in [5, 5.41) is 32.1. The van der Waals surface area contributed by atoms with Crippen LogP contribution in [0, 0.1) is 28.4 Å². The highest BCUT2D eigenvalue weighted by Gasteiger charge is 2.70. The third-order valence-corrected chi connectivity index (χ3v) is 8.15. The fourth-order valence-electron chi connectivity index (χ4n) is 5.87. The van der Waals surface area contributed by atoms with Crippen molar-refractivity contribution in [3.8, 4) is 6.07 Å². The number of nitrogens with zero attached hydrogens (tertiary/aromatic N) is 2. The van der Waals surface area contributed by atoms with Crippen molar-refractivity contribution in [2.24, 2.45) is 5.41 Å². The summed E-state index contributed by atoms with van der Waals surface area (Å²) in [6.07, 6.45) is -0.961. The average Bonchev–Trinajstić information content (AvgIpc) is 3.27. The van der Waals surface area contributed by atoms with Gasteiger partial charge in [0, 0.05) is 28.5 Å². The van der Waals surface area contributed by atoms with Crippen LogP contribution in [0.15, 0.2) is 36.4 Å². The number of halogens is 4. The molecule has 4 rings (SSSR count). The summed E-state index contributed by atoms with van der Waals surface area (Å²) in [6, 6.07) is 7.75. The van der Waals surface area contributed by atoms with E-state index in [1.165, 1.54) is 35.2 Å². The van der Waals surface area contributed by atoms with Crippen LogP contribution in [0.25, 0.3) is 0 Å². The molecule has 0 spiro atoms. The molecule has 11 heteroatoms. The van der Waals surface area contributed by atoms with E-state index in [4.69, 9.17) is 28.3 Å². The van der Waals surface area contributed by atoms with Crippen molar-refractivity contribution < 1.29 is 28.6 Å². The Morgan fingerprint density at radius 3 is 2.63 bits per heavy atom. The number of fused-ring (bicyclic) bond motifs is 1. The first kappa shape index (κ1) is 28.2. The molecule has 2 saturated heterocycles. The van der Waals surface area contributed by atoms with Crippen molar-refractivity contribution in [1.29, 1.82) is 5.26 Å². The Hall–Kier alpha value is -2.77. The van der Waals surface area contributed by atoms with Gasteiger partial charge in [-0.2, -0.15) is 5.26 Å². The summed E-state index contributed by atoms with van der Waals surface area (Å²) < 4.78 is 31.2. The zero-order valence-electron chi connectivity index (χ0n) is 20.7. The van der Waals surface area contributed by atoms with Gasteiger partial charge in [0.15, 0.2) is 0 Å². The first-order chi connectivity index (χ1) is 17.9. The number of benzene rings is 2. The largest absolute Gasteiger partial charge is 0.394 e. The number of hydrogen-bond donors (Lipinski definition) is 3. The predicted octanol–water partition coefficient (Wildman–Crippen LogP) is 3.69. The minimum absolute atomic E-state index is 0.0171. The summed E-state index contributed by atoms with van der Waals surface area (Å²) >= 11 is 12.1. The van der Waals surface area contributed by atoms with Gasteiger partial charge >= 0.3 is 0 Å². The van der Waals surface area contributed by atoms with Crippen molar-refractivity contribution in [1.82, 2.24) is 10.2 Å². The van der Waals surface area contributed by atoms with Crippen LogP contribution in [0.5, 0.6) is 0 Å². The fraction of sp³-hybridized carbons (Fsp3) is 0.444. The van der Waals surface area contributed by atoms with Crippen LogP contribution in [0.4, 0.5) is 8.78 Å². The molecular formula is C27H27Cl2F2N3O4. The van der Waals surface area contributed by atoms with Crippen LogP contribution in [-0.4, -0.2) is 58.3 Å². The van der Waals surface area contributed by atoms with E-state index in [0.717, 1.165) is 6.07 Å². The van der Waals surface area contributed by atoms with Crippen LogP contribution in [0.2, 0.25) is 10.0 Å². The Bertz CT molecular complexity index is 1320. The molecule has 0 saturated carbocycles. The topological polar surface area (TPSA) is 114 Å². The summed E-state index contributed by atoms with van der Waals surface area (Å²) in [5.74, 6) is -4.18. The van der Waals surface area contributed by atoms with Crippen LogP contribution in [0.3, 0.4) is 0 Å². The minimum atomic E-state index is -1.88. The lowest BCUT2D eigenvalue weighted by molar-refractivity contribution is -0.141. The molecule has 5 atom stereocenters. The quantitative estimate of drug-likeness (QED) is 0.474. The van der Waals surface area contributed by atoms with Gasteiger partial charge in [0.05, 0.1) is 29.8 Å². The number of amides is 2. The molecule has 38 heavy (non-hydrogen) atoms. The monoisotopic (exact) mass is 565 g/mol. The summed E-state index contributed by atoms with van der Waals surface area (Å²) in [5.41, 5.74) is -3.08. The summed E-state index contributed by atoms with van der Waals surface area (Å²) in [4.78, 5) is 28.7. The molecule has 2 aliphatic heterocycles. The number of nitrogens with one attached hydrogen (secondary N) is 1. The van der Waals surface area contributed by atoms with Crippen LogP contribution in [-0.2, 0) is 15.0 Å². The Kier molecular flexibility index (Phi) is 7.74. The fourth-order valence-corrected chi connectivity index (χ4v) is 6.21. The molecule has 2 fully saturated rings. The lowest BCUT2D eigenvalue weighted by Gasteiger charge is -2.35. The number of hydrogen-bond acceptors (Lipinski definition) is 5. The molecule has 0 bridgehead atoms. The Morgan fingerprint density at radius 2 is 2.00 bits per heavy atom. The van der Waals surface area contributed by atoms with Crippen LogP contribution < -0.4 is 5.32 Å². The van der Waals surface area contributed by atoms with Gasteiger partial charge in [-0.25, -0.2) is 8.78 Å². The van der Waals surface area contributed by atoms with Gasteiger partial charge < -0.3 is 20.4 Å². The number of carbonyl (C=O) groups is 2. The van der Waals surface area contributed by atoms with Crippen molar-refractivity contribution in [2.45, 2.75) is 56.2 Å². The van der Waals surface area contributed by atoms with Gasteiger partial charge in [-0.3, -0.25) is 9.59 Å². The zero-order chi connectivity index (χ0) is 28.0. The molecule has 0 aliphatic carbocycles. The van der Waals surface area contributed by atoms with E-state index in [-0.39, 0.29) is 40.6 Å². The Labute approximate surface area is 229 Å². The minimum Gasteiger partial charge on any atom is -0.394 e. The molecule has 2 aliphatic rings. The molecular weight excluding hydrogens is 539 g/mol. The normalized spacial score (nSPS) is 26.7. The van der Waals surface area contributed by atoms with Gasteiger partial charge in [0.1, 0.15) is 23.1 Å². The smallest absolute Gasteiger partial charge is 0.243 e. The van der Waals surface area contributed by atoms with E-state index in [1.54, 1.807) is 13.8 Å². The summed E-state index contributed by atoms with van der Waals surface area (Å²) in [6.45, 7) is 2.78. The highest BCUT2D eigenvalue weighted by molar-refractivity contribution is 6.31. The molecule has 3 N–H and O–H groups in total. The maximum absolute atomic E-state index is 15.6. The Morgan fingerprint density at radius 1 is 1.29 bits per heavy atom. The zero-order valence-corrected chi connectivity index (χ0v) is 22.2. The molecule has 2 amide bonds. The first-order valence-electron chi connectivity index (χ1n) is 12.1. The van der Waals surface area contributed by atoms with E-state index < -0.39 is 65.0 Å².